The van der Waals surface area contributed by atoms with Crippen LogP contribution in [0, 0.1) is 13.8 Å². The van der Waals surface area contributed by atoms with Gasteiger partial charge in [-0.3, -0.25) is 4.79 Å². The van der Waals surface area contributed by atoms with Crippen LogP contribution in [-0.2, 0) is 4.79 Å². The van der Waals surface area contributed by atoms with Gasteiger partial charge in [0.2, 0.25) is 0 Å². The molecular weight excluding hydrogens is 218 g/mol. The van der Waals surface area contributed by atoms with Crippen molar-refractivity contribution in [1.82, 2.24) is 5.32 Å². The zero-order chi connectivity index (χ0) is 13.0. The highest BCUT2D eigenvalue weighted by Crippen LogP contribution is 2.12. The molecule has 1 rings (SSSR count). The Bertz CT molecular complexity index is 440. The number of rotatable bonds is 4. The van der Waals surface area contributed by atoms with E-state index in [2.05, 4.69) is 5.32 Å². The number of carboxylic acids is 1. The summed E-state index contributed by atoms with van der Waals surface area (Å²) < 4.78 is 0. The van der Waals surface area contributed by atoms with Crippen LogP contribution in [0.1, 0.15) is 34.8 Å². The van der Waals surface area contributed by atoms with Gasteiger partial charge in [-0.1, -0.05) is 19.1 Å². The highest BCUT2D eigenvalue weighted by molar-refractivity contribution is 5.98. The van der Waals surface area contributed by atoms with E-state index in [0.29, 0.717) is 12.0 Å². The van der Waals surface area contributed by atoms with Gasteiger partial charge in [-0.25, -0.2) is 4.79 Å². The minimum atomic E-state index is -1.01. The monoisotopic (exact) mass is 235 g/mol. The van der Waals surface area contributed by atoms with Crippen molar-refractivity contribution < 1.29 is 14.7 Å². The van der Waals surface area contributed by atoms with Crippen molar-refractivity contribution in [2.24, 2.45) is 0 Å². The second kappa shape index (κ2) is 5.48. The molecule has 1 amide bonds. The van der Waals surface area contributed by atoms with Crippen LogP contribution in [0.3, 0.4) is 0 Å². The molecule has 0 saturated heterocycles. The first kappa shape index (κ1) is 13.2. The number of amides is 1. The SMILES string of the molecule is CCC(NC(=O)c1cccc(C)c1C)C(=O)O. The number of aryl methyl sites for hydroxylation is 1. The third kappa shape index (κ3) is 3.06. The molecule has 1 aromatic rings. The Balaban J connectivity index is 2.90. The van der Waals surface area contributed by atoms with Gasteiger partial charge < -0.3 is 10.4 Å². The molecule has 0 aliphatic rings. The van der Waals surface area contributed by atoms with Crippen LogP contribution in [0.5, 0.6) is 0 Å². The van der Waals surface area contributed by atoms with Gasteiger partial charge in [0.05, 0.1) is 0 Å². The van der Waals surface area contributed by atoms with E-state index < -0.39 is 12.0 Å². The van der Waals surface area contributed by atoms with Crippen LogP contribution in [0.4, 0.5) is 0 Å². The summed E-state index contributed by atoms with van der Waals surface area (Å²) in [6, 6.07) is 4.58. The molecule has 0 saturated carbocycles. The molecule has 0 heterocycles. The van der Waals surface area contributed by atoms with Crippen molar-refractivity contribution in [2.45, 2.75) is 33.2 Å². The zero-order valence-corrected chi connectivity index (χ0v) is 10.3. The van der Waals surface area contributed by atoms with E-state index in [1.165, 1.54) is 0 Å². The third-order valence-corrected chi connectivity index (χ3v) is 2.86. The lowest BCUT2D eigenvalue weighted by atomic mass is 10.0. The van der Waals surface area contributed by atoms with E-state index in [0.717, 1.165) is 11.1 Å². The molecule has 0 bridgehead atoms. The molecule has 0 fully saturated rings. The maximum atomic E-state index is 11.9. The summed E-state index contributed by atoms with van der Waals surface area (Å²) in [5.41, 5.74) is 2.43. The van der Waals surface area contributed by atoms with Gasteiger partial charge in [0.1, 0.15) is 6.04 Å². The van der Waals surface area contributed by atoms with E-state index in [1.807, 2.05) is 19.9 Å². The number of carbonyl (C=O) groups is 2. The van der Waals surface area contributed by atoms with Gasteiger partial charge in [0, 0.05) is 5.56 Å². The highest BCUT2D eigenvalue weighted by Gasteiger charge is 2.19. The molecular formula is C13H17NO3. The third-order valence-electron chi connectivity index (χ3n) is 2.86. The number of benzene rings is 1. The maximum Gasteiger partial charge on any atom is 0.326 e. The van der Waals surface area contributed by atoms with Crippen LogP contribution in [0.15, 0.2) is 18.2 Å². The number of aliphatic carboxylic acids is 1. The topological polar surface area (TPSA) is 66.4 Å². The Morgan fingerprint density at radius 2 is 2.00 bits per heavy atom. The van der Waals surface area contributed by atoms with Crippen molar-refractivity contribution in [3.05, 3.63) is 34.9 Å². The van der Waals surface area contributed by atoms with Crippen LogP contribution in [-0.4, -0.2) is 23.0 Å². The second-order valence-corrected chi connectivity index (χ2v) is 4.02. The molecule has 92 valence electrons. The average Bonchev–Trinajstić information content (AvgIpc) is 2.28. The number of hydrogen-bond donors (Lipinski definition) is 2. The molecule has 4 nitrogen and oxygen atoms in total. The number of carbonyl (C=O) groups excluding carboxylic acids is 1. The highest BCUT2D eigenvalue weighted by atomic mass is 16.4. The number of nitrogens with one attached hydrogen (secondary N) is 1. The zero-order valence-electron chi connectivity index (χ0n) is 10.3. The molecule has 1 aromatic carbocycles. The standard InChI is InChI=1S/C13H17NO3/c1-4-11(13(16)17)14-12(15)10-7-5-6-8(2)9(10)3/h5-7,11H,4H2,1-3H3,(H,14,15)(H,16,17). The molecule has 1 atom stereocenters. The Morgan fingerprint density at radius 3 is 2.53 bits per heavy atom. The lowest BCUT2D eigenvalue weighted by Crippen LogP contribution is -2.40. The molecule has 0 aliphatic carbocycles. The van der Waals surface area contributed by atoms with Crippen LogP contribution in [0.2, 0.25) is 0 Å². The largest absolute Gasteiger partial charge is 0.480 e. The Labute approximate surface area is 101 Å². The fourth-order valence-electron chi connectivity index (χ4n) is 1.57. The molecule has 17 heavy (non-hydrogen) atoms. The molecule has 0 spiro atoms. The molecule has 4 heteroatoms. The molecule has 0 radical (unpaired) electrons. The minimum Gasteiger partial charge on any atom is -0.480 e. The average molecular weight is 235 g/mol. The summed E-state index contributed by atoms with van der Waals surface area (Å²) in [4.78, 5) is 22.8. The fourth-order valence-corrected chi connectivity index (χ4v) is 1.57. The minimum absolute atomic E-state index is 0.333. The summed E-state index contributed by atoms with van der Waals surface area (Å²) in [7, 11) is 0. The van der Waals surface area contributed by atoms with Crippen molar-refractivity contribution in [3.8, 4) is 0 Å². The van der Waals surface area contributed by atoms with Gasteiger partial charge in [-0.05, 0) is 37.5 Å². The normalized spacial score (nSPS) is 11.9. The molecule has 1 unspecified atom stereocenters. The van der Waals surface area contributed by atoms with E-state index in [4.69, 9.17) is 5.11 Å². The van der Waals surface area contributed by atoms with E-state index in [1.54, 1.807) is 19.1 Å². The van der Waals surface area contributed by atoms with Crippen molar-refractivity contribution in [2.75, 3.05) is 0 Å². The quantitative estimate of drug-likeness (QED) is 0.837. The van der Waals surface area contributed by atoms with Crippen molar-refractivity contribution in [3.63, 3.8) is 0 Å². The first-order chi connectivity index (χ1) is 7.97. The predicted octanol–water partition coefficient (Wildman–Crippen LogP) is 1.90. The van der Waals surface area contributed by atoms with E-state index in [-0.39, 0.29) is 5.91 Å². The predicted molar refractivity (Wildman–Crippen MR) is 65.1 cm³/mol. The molecule has 2 N–H and O–H groups in total. The van der Waals surface area contributed by atoms with Crippen molar-refractivity contribution >= 4 is 11.9 Å². The van der Waals surface area contributed by atoms with Gasteiger partial charge in [-0.15, -0.1) is 0 Å². The summed E-state index contributed by atoms with van der Waals surface area (Å²) in [6.07, 6.45) is 0.367. The molecule has 0 aromatic heterocycles. The number of carboxylic acid groups (broad SMARTS) is 1. The second-order valence-electron chi connectivity index (χ2n) is 4.02. The van der Waals surface area contributed by atoms with Gasteiger partial charge in [0.25, 0.3) is 5.91 Å². The molecule has 0 aliphatic heterocycles. The van der Waals surface area contributed by atoms with E-state index in [9.17, 15) is 9.59 Å². The fraction of sp³-hybridized carbons (Fsp3) is 0.385. The first-order valence-corrected chi connectivity index (χ1v) is 5.57. The van der Waals surface area contributed by atoms with Crippen LogP contribution in [0.25, 0.3) is 0 Å². The lowest BCUT2D eigenvalue weighted by Gasteiger charge is -2.14. The number of hydrogen-bond acceptors (Lipinski definition) is 2. The van der Waals surface area contributed by atoms with Crippen LogP contribution < -0.4 is 5.32 Å². The Morgan fingerprint density at radius 1 is 1.35 bits per heavy atom. The Kier molecular flexibility index (Phi) is 4.26. The summed E-state index contributed by atoms with van der Waals surface area (Å²) in [5, 5.41) is 11.4. The van der Waals surface area contributed by atoms with Gasteiger partial charge >= 0.3 is 5.97 Å². The maximum absolute atomic E-state index is 11.9. The van der Waals surface area contributed by atoms with Crippen LogP contribution >= 0.6 is 0 Å². The van der Waals surface area contributed by atoms with Gasteiger partial charge in [0.15, 0.2) is 0 Å². The summed E-state index contributed by atoms with van der Waals surface area (Å²) in [6.45, 7) is 5.49. The summed E-state index contributed by atoms with van der Waals surface area (Å²) >= 11 is 0. The summed E-state index contributed by atoms with van der Waals surface area (Å²) in [5.74, 6) is -1.34. The lowest BCUT2D eigenvalue weighted by molar-refractivity contribution is -0.139. The van der Waals surface area contributed by atoms with Gasteiger partial charge in [-0.2, -0.15) is 0 Å². The Hall–Kier alpha value is -1.84. The smallest absolute Gasteiger partial charge is 0.326 e. The first-order valence-electron chi connectivity index (χ1n) is 5.57. The van der Waals surface area contributed by atoms with Crippen molar-refractivity contribution in [1.29, 1.82) is 0 Å². The van der Waals surface area contributed by atoms with E-state index >= 15 is 0 Å².